The van der Waals surface area contributed by atoms with Crippen molar-refractivity contribution < 1.29 is 18.4 Å². The van der Waals surface area contributed by atoms with Gasteiger partial charge in [0.25, 0.3) is 0 Å². The first-order valence-electron chi connectivity index (χ1n) is 4.86. The van der Waals surface area contributed by atoms with Crippen molar-refractivity contribution in [2.24, 2.45) is 10.9 Å². The number of oxime groups is 1. The summed E-state index contributed by atoms with van der Waals surface area (Å²) in [4.78, 5) is 0. The molecule has 0 aliphatic rings. The van der Waals surface area contributed by atoms with E-state index < -0.39 is 17.8 Å². The second kappa shape index (κ2) is 5.34. The molecule has 8 heteroatoms. The van der Waals surface area contributed by atoms with E-state index in [0.29, 0.717) is 0 Å². The number of nitrogens with one attached hydrogen (secondary N) is 1. The van der Waals surface area contributed by atoms with E-state index >= 15 is 0 Å². The molecule has 100 valence electrons. The van der Waals surface area contributed by atoms with E-state index in [1.807, 2.05) is 0 Å². The summed E-state index contributed by atoms with van der Waals surface area (Å²) in [6.07, 6.45) is -4.54. The number of anilines is 1. The van der Waals surface area contributed by atoms with Crippen molar-refractivity contribution in [1.82, 2.24) is 0 Å². The number of benzene rings is 1. The molecular weight excluding hydrogens is 271 g/mol. The standard InChI is InChI=1S/C10H11ClF3N3O/c1-5(9(15)17-18)16-8-3-2-6(11)4-7(8)10(12,13)14/h2-5,16,18H,1H3,(H2,15,17). The summed E-state index contributed by atoms with van der Waals surface area (Å²) in [5.41, 5.74) is 4.19. The number of amidine groups is 1. The minimum atomic E-state index is -4.54. The number of halogens is 4. The average molecular weight is 282 g/mol. The minimum absolute atomic E-state index is 0.0238. The van der Waals surface area contributed by atoms with Crippen LogP contribution in [0.2, 0.25) is 5.02 Å². The highest BCUT2D eigenvalue weighted by atomic mass is 35.5. The van der Waals surface area contributed by atoms with Crippen LogP contribution in [0.4, 0.5) is 18.9 Å². The molecule has 4 nitrogen and oxygen atoms in total. The van der Waals surface area contributed by atoms with Gasteiger partial charge in [0.1, 0.15) is 0 Å². The molecule has 0 bridgehead atoms. The molecule has 4 N–H and O–H groups in total. The normalized spacial score (nSPS) is 14.4. The van der Waals surface area contributed by atoms with Crippen molar-refractivity contribution >= 4 is 23.1 Å². The Morgan fingerprint density at radius 1 is 1.50 bits per heavy atom. The van der Waals surface area contributed by atoms with Crippen LogP contribution in [-0.4, -0.2) is 17.1 Å². The molecule has 0 fully saturated rings. The molecule has 0 aliphatic carbocycles. The van der Waals surface area contributed by atoms with Crippen molar-refractivity contribution in [1.29, 1.82) is 0 Å². The zero-order valence-corrected chi connectivity index (χ0v) is 10.0. The largest absolute Gasteiger partial charge is 0.418 e. The first kappa shape index (κ1) is 14.4. The van der Waals surface area contributed by atoms with E-state index in [4.69, 9.17) is 22.5 Å². The second-order valence-corrected chi connectivity index (χ2v) is 4.01. The molecular formula is C10H11ClF3N3O. The Morgan fingerprint density at radius 2 is 2.11 bits per heavy atom. The Bertz CT molecular complexity index is 462. The molecule has 0 aromatic heterocycles. The molecule has 1 aromatic rings. The van der Waals surface area contributed by atoms with Crippen LogP contribution >= 0.6 is 11.6 Å². The van der Waals surface area contributed by atoms with Crippen LogP contribution in [0.25, 0.3) is 0 Å². The average Bonchev–Trinajstić information content (AvgIpc) is 2.28. The molecule has 1 rings (SSSR count). The van der Waals surface area contributed by atoms with Gasteiger partial charge >= 0.3 is 6.18 Å². The van der Waals surface area contributed by atoms with Gasteiger partial charge < -0.3 is 16.3 Å². The van der Waals surface area contributed by atoms with Gasteiger partial charge in [-0.1, -0.05) is 16.8 Å². The van der Waals surface area contributed by atoms with Crippen molar-refractivity contribution in [3.05, 3.63) is 28.8 Å². The summed E-state index contributed by atoms with van der Waals surface area (Å²) in [6, 6.07) is 2.56. The zero-order valence-electron chi connectivity index (χ0n) is 9.29. The Balaban J connectivity index is 3.10. The predicted molar refractivity (Wildman–Crippen MR) is 62.9 cm³/mol. The highest BCUT2D eigenvalue weighted by molar-refractivity contribution is 6.30. The maximum Gasteiger partial charge on any atom is 0.418 e. The SMILES string of the molecule is CC(Nc1ccc(Cl)cc1C(F)(F)F)C(N)=NO. The number of hydrogen-bond donors (Lipinski definition) is 3. The molecule has 0 radical (unpaired) electrons. The molecule has 0 aliphatic heterocycles. The number of hydrogen-bond acceptors (Lipinski definition) is 3. The molecule has 1 aromatic carbocycles. The van der Waals surface area contributed by atoms with E-state index in [-0.39, 0.29) is 16.5 Å². The molecule has 0 heterocycles. The molecule has 0 amide bonds. The smallest absolute Gasteiger partial charge is 0.409 e. The number of rotatable bonds is 3. The highest BCUT2D eigenvalue weighted by Gasteiger charge is 2.34. The van der Waals surface area contributed by atoms with Gasteiger partial charge in [-0.2, -0.15) is 13.2 Å². The summed E-state index contributed by atoms with van der Waals surface area (Å²) < 4.78 is 38.3. The molecule has 0 spiro atoms. The highest BCUT2D eigenvalue weighted by Crippen LogP contribution is 2.36. The van der Waals surface area contributed by atoms with Crippen LogP contribution < -0.4 is 11.1 Å². The van der Waals surface area contributed by atoms with Crippen LogP contribution in [0, 0.1) is 0 Å². The second-order valence-electron chi connectivity index (χ2n) is 3.58. The third kappa shape index (κ3) is 3.43. The quantitative estimate of drug-likeness (QED) is 0.345. The molecule has 1 atom stereocenters. The fourth-order valence-electron chi connectivity index (χ4n) is 1.27. The van der Waals surface area contributed by atoms with Gasteiger partial charge in [-0.3, -0.25) is 0 Å². The van der Waals surface area contributed by atoms with Crippen molar-refractivity contribution in [3.8, 4) is 0 Å². The van der Waals surface area contributed by atoms with Gasteiger partial charge in [-0.05, 0) is 25.1 Å². The van der Waals surface area contributed by atoms with Gasteiger partial charge in [0.15, 0.2) is 5.84 Å². The Hall–Kier alpha value is -1.63. The topological polar surface area (TPSA) is 70.6 Å². The van der Waals surface area contributed by atoms with E-state index in [1.165, 1.54) is 19.1 Å². The number of nitrogens with two attached hydrogens (primary N) is 1. The summed E-state index contributed by atoms with van der Waals surface area (Å²) in [5, 5.41) is 13.6. The van der Waals surface area contributed by atoms with Gasteiger partial charge in [-0.15, -0.1) is 0 Å². The van der Waals surface area contributed by atoms with E-state index in [9.17, 15) is 13.2 Å². The van der Waals surface area contributed by atoms with Crippen LogP contribution in [0.5, 0.6) is 0 Å². The number of nitrogens with zero attached hydrogens (tertiary/aromatic N) is 1. The van der Waals surface area contributed by atoms with Crippen molar-refractivity contribution in [2.45, 2.75) is 19.1 Å². The molecule has 18 heavy (non-hydrogen) atoms. The molecule has 1 unspecified atom stereocenters. The lowest BCUT2D eigenvalue weighted by Crippen LogP contribution is -2.33. The fourth-order valence-corrected chi connectivity index (χ4v) is 1.44. The lowest BCUT2D eigenvalue weighted by Gasteiger charge is -2.18. The summed E-state index contributed by atoms with van der Waals surface area (Å²) in [7, 11) is 0. The lowest BCUT2D eigenvalue weighted by atomic mass is 10.1. The Labute approximate surface area is 106 Å². The molecule has 0 saturated carbocycles. The first-order valence-corrected chi connectivity index (χ1v) is 5.24. The fraction of sp³-hybridized carbons (Fsp3) is 0.300. The van der Waals surface area contributed by atoms with Gasteiger partial charge in [0, 0.05) is 10.7 Å². The first-order chi connectivity index (χ1) is 8.25. The Morgan fingerprint density at radius 3 is 2.61 bits per heavy atom. The van der Waals surface area contributed by atoms with E-state index in [2.05, 4.69) is 10.5 Å². The number of alkyl halides is 3. The maximum atomic E-state index is 12.8. The maximum absolute atomic E-state index is 12.8. The van der Waals surface area contributed by atoms with Crippen LogP contribution in [0.3, 0.4) is 0 Å². The third-order valence-corrected chi connectivity index (χ3v) is 2.45. The van der Waals surface area contributed by atoms with Crippen molar-refractivity contribution in [2.75, 3.05) is 5.32 Å². The summed E-state index contributed by atoms with van der Waals surface area (Å²) >= 11 is 5.53. The van der Waals surface area contributed by atoms with Crippen LogP contribution in [0.15, 0.2) is 23.4 Å². The van der Waals surface area contributed by atoms with Gasteiger partial charge in [-0.25, -0.2) is 0 Å². The van der Waals surface area contributed by atoms with E-state index in [1.54, 1.807) is 0 Å². The lowest BCUT2D eigenvalue weighted by molar-refractivity contribution is -0.136. The molecule has 0 saturated heterocycles. The van der Waals surface area contributed by atoms with Gasteiger partial charge in [0.2, 0.25) is 0 Å². The predicted octanol–water partition coefficient (Wildman–Crippen LogP) is 2.91. The van der Waals surface area contributed by atoms with Crippen LogP contribution in [0.1, 0.15) is 12.5 Å². The minimum Gasteiger partial charge on any atom is -0.409 e. The Kier molecular flexibility index (Phi) is 4.28. The third-order valence-electron chi connectivity index (χ3n) is 2.22. The van der Waals surface area contributed by atoms with E-state index in [0.717, 1.165) is 6.07 Å². The van der Waals surface area contributed by atoms with Crippen molar-refractivity contribution in [3.63, 3.8) is 0 Å². The zero-order chi connectivity index (χ0) is 13.9. The van der Waals surface area contributed by atoms with Gasteiger partial charge in [0.05, 0.1) is 11.6 Å². The van der Waals surface area contributed by atoms with Crippen LogP contribution in [-0.2, 0) is 6.18 Å². The summed E-state index contributed by atoms with van der Waals surface area (Å²) in [6.45, 7) is 1.46. The summed E-state index contributed by atoms with van der Waals surface area (Å²) in [5.74, 6) is -0.224. The monoisotopic (exact) mass is 281 g/mol.